The zero-order valence-electron chi connectivity index (χ0n) is 8.79. The molecule has 0 aliphatic heterocycles. The Morgan fingerprint density at radius 1 is 1.27 bits per heavy atom. The quantitative estimate of drug-likeness (QED) is 0.763. The third kappa shape index (κ3) is 3.80. The Morgan fingerprint density at radius 2 is 2.07 bits per heavy atom. The normalized spacial score (nSPS) is 17.9. The van der Waals surface area contributed by atoms with Crippen molar-refractivity contribution in [2.24, 2.45) is 0 Å². The fraction of sp³-hybridized carbons (Fsp3) is 0.583. The number of thioether (sulfide) groups is 1. The van der Waals surface area contributed by atoms with E-state index in [0.717, 1.165) is 15.6 Å². The van der Waals surface area contributed by atoms with E-state index in [-0.39, 0.29) is 0 Å². The summed E-state index contributed by atoms with van der Waals surface area (Å²) in [6.07, 6.45) is 7.08. The van der Waals surface area contributed by atoms with Crippen molar-refractivity contribution >= 4 is 27.7 Å². The number of hydrogen-bond acceptors (Lipinski definition) is 2. The molecular formula is C12H16BrNS. The summed E-state index contributed by atoms with van der Waals surface area (Å²) in [6, 6.07) is 6.16. The molecular weight excluding hydrogens is 270 g/mol. The Kier molecular flexibility index (Phi) is 4.51. The van der Waals surface area contributed by atoms with Crippen LogP contribution in [0.4, 0.5) is 0 Å². The number of halogens is 1. The van der Waals surface area contributed by atoms with Crippen LogP contribution in [0.25, 0.3) is 0 Å². The van der Waals surface area contributed by atoms with Crippen LogP contribution in [0.3, 0.4) is 0 Å². The van der Waals surface area contributed by atoms with Gasteiger partial charge in [-0.05, 0) is 40.9 Å². The van der Waals surface area contributed by atoms with Gasteiger partial charge in [0.1, 0.15) is 4.60 Å². The molecule has 0 atom stereocenters. The molecule has 1 aliphatic rings. The summed E-state index contributed by atoms with van der Waals surface area (Å²) < 4.78 is 0.948. The van der Waals surface area contributed by atoms with Crippen LogP contribution in [0, 0.1) is 0 Å². The van der Waals surface area contributed by atoms with Gasteiger partial charge in [0.2, 0.25) is 0 Å². The molecule has 0 saturated heterocycles. The maximum absolute atomic E-state index is 4.45. The molecule has 0 aromatic carbocycles. The Bertz CT molecular complexity index is 310. The standard InChI is InChI=1S/C12H16BrNS/c13-12-8-4-5-10(14-12)9-15-11-6-2-1-3-7-11/h4-5,8,11H,1-3,6-7,9H2. The van der Waals surface area contributed by atoms with Crippen molar-refractivity contribution in [1.82, 2.24) is 4.98 Å². The van der Waals surface area contributed by atoms with Crippen molar-refractivity contribution in [3.8, 4) is 0 Å². The van der Waals surface area contributed by atoms with Crippen LogP contribution in [0.2, 0.25) is 0 Å². The zero-order chi connectivity index (χ0) is 10.5. The van der Waals surface area contributed by atoms with Gasteiger partial charge in [-0.1, -0.05) is 25.3 Å². The van der Waals surface area contributed by atoms with Gasteiger partial charge in [0.25, 0.3) is 0 Å². The minimum Gasteiger partial charge on any atom is -0.245 e. The average molecular weight is 286 g/mol. The Morgan fingerprint density at radius 3 is 2.80 bits per heavy atom. The predicted molar refractivity (Wildman–Crippen MR) is 70.1 cm³/mol. The van der Waals surface area contributed by atoms with Crippen LogP contribution in [0.15, 0.2) is 22.8 Å². The average Bonchev–Trinajstić information content (AvgIpc) is 2.28. The molecule has 1 aromatic heterocycles. The summed E-state index contributed by atoms with van der Waals surface area (Å²) in [6.45, 7) is 0. The second kappa shape index (κ2) is 5.90. The molecule has 1 saturated carbocycles. The molecule has 1 heterocycles. The first kappa shape index (κ1) is 11.5. The highest BCUT2D eigenvalue weighted by atomic mass is 79.9. The van der Waals surface area contributed by atoms with E-state index in [1.54, 1.807) is 0 Å². The van der Waals surface area contributed by atoms with Gasteiger partial charge in [-0.25, -0.2) is 4.98 Å². The SMILES string of the molecule is Brc1cccc(CSC2CCCCC2)n1. The van der Waals surface area contributed by atoms with Gasteiger partial charge in [-0.3, -0.25) is 0 Å². The van der Waals surface area contributed by atoms with Gasteiger partial charge in [-0.2, -0.15) is 11.8 Å². The molecule has 15 heavy (non-hydrogen) atoms. The molecule has 1 fully saturated rings. The Balaban J connectivity index is 1.81. The van der Waals surface area contributed by atoms with Crippen molar-refractivity contribution in [2.45, 2.75) is 43.1 Å². The second-order valence-electron chi connectivity index (χ2n) is 4.02. The third-order valence-corrected chi connectivity index (χ3v) is 4.64. The molecule has 2 rings (SSSR count). The number of rotatable bonds is 3. The number of aromatic nitrogens is 1. The number of pyridine rings is 1. The molecule has 0 radical (unpaired) electrons. The van der Waals surface area contributed by atoms with Crippen LogP contribution in [0.5, 0.6) is 0 Å². The van der Waals surface area contributed by atoms with E-state index in [2.05, 4.69) is 44.8 Å². The third-order valence-electron chi connectivity index (χ3n) is 2.79. The summed E-state index contributed by atoms with van der Waals surface area (Å²) in [7, 11) is 0. The molecule has 1 aromatic rings. The van der Waals surface area contributed by atoms with Crippen molar-refractivity contribution < 1.29 is 0 Å². The van der Waals surface area contributed by atoms with Crippen LogP contribution in [-0.4, -0.2) is 10.2 Å². The smallest absolute Gasteiger partial charge is 0.106 e. The van der Waals surface area contributed by atoms with Crippen LogP contribution < -0.4 is 0 Å². The second-order valence-corrected chi connectivity index (χ2v) is 6.12. The minimum atomic E-state index is 0.875. The summed E-state index contributed by atoms with van der Waals surface area (Å²) in [5, 5.41) is 0.875. The maximum atomic E-state index is 4.45. The van der Waals surface area contributed by atoms with E-state index in [9.17, 15) is 0 Å². The molecule has 0 N–H and O–H groups in total. The molecule has 0 unspecified atom stereocenters. The predicted octanol–water partition coefficient (Wildman–Crippen LogP) is 4.41. The van der Waals surface area contributed by atoms with E-state index >= 15 is 0 Å². The van der Waals surface area contributed by atoms with Crippen molar-refractivity contribution in [3.63, 3.8) is 0 Å². The topological polar surface area (TPSA) is 12.9 Å². The Labute approximate surface area is 104 Å². The molecule has 3 heteroatoms. The lowest BCUT2D eigenvalue weighted by Crippen LogP contribution is -2.08. The molecule has 0 amide bonds. The van der Waals surface area contributed by atoms with Crippen molar-refractivity contribution in [1.29, 1.82) is 0 Å². The minimum absolute atomic E-state index is 0.875. The van der Waals surface area contributed by atoms with Crippen LogP contribution >= 0.6 is 27.7 Å². The van der Waals surface area contributed by atoms with Crippen LogP contribution in [0.1, 0.15) is 37.8 Å². The van der Waals surface area contributed by atoms with Gasteiger partial charge >= 0.3 is 0 Å². The number of nitrogens with zero attached hydrogens (tertiary/aromatic N) is 1. The first-order valence-corrected chi connectivity index (χ1v) is 7.42. The summed E-state index contributed by atoms with van der Waals surface area (Å²) >= 11 is 5.48. The fourth-order valence-corrected chi connectivity index (χ4v) is 3.58. The highest BCUT2D eigenvalue weighted by Crippen LogP contribution is 2.30. The van der Waals surface area contributed by atoms with E-state index in [1.807, 2.05) is 6.07 Å². The molecule has 0 spiro atoms. The van der Waals surface area contributed by atoms with E-state index in [0.29, 0.717) is 0 Å². The highest BCUT2D eigenvalue weighted by molar-refractivity contribution is 9.10. The monoisotopic (exact) mass is 285 g/mol. The lowest BCUT2D eigenvalue weighted by Gasteiger charge is -2.20. The highest BCUT2D eigenvalue weighted by Gasteiger charge is 2.13. The summed E-state index contributed by atoms with van der Waals surface area (Å²) in [4.78, 5) is 4.45. The van der Waals surface area contributed by atoms with Crippen molar-refractivity contribution in [3.05, 3.63) is 28.5 Å². The maximum Gasteiger partial charge on any atom is 0.106 e. The first-order chi connectivity index (χ1) is 7.34. The molecule has 82 valence electrons. The van der Waals surface area contributed by atoms with Gasteiger partial charge in [0.15, 0.2) is 0 Å². The lowest BCUT2D eigenvalue weighted by atomic mass is 10.0. The Hall–Kier alpha value is -0.0200. The van der Waals surface area contributed by atoms with Gasteiger partial charge in [-0.15, -0.1) is 0 Å². The van der Waals surface area contributed by atoms with Crippen LogP contribution in [-0.2, 0) is 5.75 Å². The van der Waals surface area contributed by atoms with E-state index < -0.39 is 0 Å². The van der Waals surface area contributed by atoms with E-state index in [1.165, 1.54) is 37.8 Å². The van der Waals surface area contributed by atoms with E-state index in [4.69, 9.17) is 0 Å². The lowest BCUT2D eigenvalue weighted by molar-refractivity contribution is 0.516. The molecule has 1 nitrogen and oxygen atoms in total. The van der Waals surface area contributed by atoms with Gasteiger partial charge < -0.3 is 0 Å². The van der Waals surface area contributed by atoms with Crippen molar-refractivity contribution in [2.75, 3.05) is 0 Å². The largest absolute Gasteiger partial charge is 0.245 e. The molecule has 0 bridgehead atoms. The zero-order valence-corrected chi connectivity index (χ0v) is 11.2. The van der Waals surface area contributed by atoms with Gasteiger partial charge in [0.05, 0.1) is 5.69 Å². The molecule has 1 aliphatic carbocycles. The fourth-order valence-electron chi connectivity index (χ4n) is 1.97. The summed E-state index contributed by atoms with van der Waals surface area (Å²) in [5.74, 6) is 1.06. The first-order valence-electron chi connectivity index (χ1n) is 5.57. The number of hydrogen-bond donors (Lipinski definition) is 0. The summed E-state index contributed by atoms with van der Waals surface area (Å²) in [5.41, 5.74) is 1.19. The van der Waals surface area contributed by atoms with Gasteiger partial charge in [0, 0.05) is 11.0 Å².